The molecule has 8 aromatic rings. The van der Waals surface area contributed by atoms with Crippen LogP contribution in [0.5, 0.6) is 11.5 Å². The van der Waals surface area contributed by atoms with E-state index in [0.29, 0.717) is 28.3 Å². The molecule has 0 radical (unpaired) electrons. The molecular formula is C45H35N3OPt. The van der Waals surface area contributed by atoms with Crippen LogP contribution in [0.3, 0.4) is 0 Å². The molecular weight excluding hydrogens is 794 g/mol. The number of ether oxygens (including phenoxy) is 1. The monoisotopic (exact) mass is 831 g/mol. The van der Waals surface area contributed by atoms with Crippen LogP contribution in [0.15, 0.2) is 140 Å². The maximum absolute atomic E-state index is 8.23. The molecule has 0 N–H and O–H groups in total. The van der Waals surface area contributed by atoms with Gasteiger partial charge in [0.05, 0.1) is 0 Å². The minimum atomic E-state index is -2.34. The number of fused-ring (bicyclic) bond motifs is 3. The Morgan fingerprint density at radius 1 is 0.680 bits per heavy atom. The van der Waals surface area contributed by atoms with Gasteiger partial charge in [0, 0.05) is 33.5 Å². The largest absolute Gasteiger partial charge is 2.00 e. The third-order valence-corrected chi connectivity index (χ3v) is 8.87. The smallest absolute Gasteiger partial charge is 0.503 e. The van der Waals surface area contributed by atoms with E-state index in [9.17, 15) is 0 Å². The van der Waals surface area contributed by atoms with Crippen molar-refractivity contribution < 1.29 is 29.9 Å². The van der Waals surface area contributed by atoms with E-state index in [2.05, 4.69) is 84.9 Å². The van der Waals surface area contributed by atoms with E-state index >= 15 is 0 Å². The minimum Gasteiger partial charge on any atom is -0.503 e. The van der Waals surface area contributed by atoms with Gasteiger partial charge >= 0.3 is 21.1 Å². The molecule has 0 aliphatic rings. The first-order valence-corrected chi connectivity index (χ1v) is 16.3. The molecule has 0 aliphatic heterocycles. The van der Waals surface area contributed by atoms with Crippen LogP contribution in [0.25, 0.3) is 61.1 Å². The second kappa shape index (κ2) is 13.5. The van der Waals surface area contributed by atoms with Gasteiger partial charge in [-0.05, 0) is 74.9 Å². The topological polar surface area (TPSA) is 39.9 Å². The summed E-state index contributed by atoms with van der Waals surface area (Å²) in [4.78, 5) is 9.36. The zero-order valence-corrected chi connectivity index (χ0v) is 30.1. The average molecular weight is 832 g/mol. The molecule has 0 fully saturated rings. The van der Waals surface area contributed by atoms with Crippen molar-refractivity contribution in [2.45, 2.75) is 33.0 Å². The van der Waals surface area contributed by atoms with Crippen molar-refractivity contribution >= 4 is 21.8 Å². The Kier molecular flexibility index (Phi) is 8.01. The summed E-state index contributed by atoms with van der Waals surface area (Å²) in [6.07, 6.45) is 3.31. The summed E-state index contributed by atoms with van der Waals surface area (Å²) in [5.74, 6) is 1.83. The molecule has 3 aromatic heterocycles. The van der Waals surface area contributed by atoms with E-state index in [-0.39, 0.29) is 32.0 Å². The Hall–Kier alpha value is -5.31. The maximum atomic E-state index is 8.23. The molecule has 50 heavy (non-hydrogen) atoms. The Balaban J connectivity index is 0.00000435. The summed E-state index contributed by atoms with van der Waals surface area (Å²) in [6.45, 7) is 4.25. The molecule has 5 aromatic carbocycles. The standard InChI is InChI=1S/C45H35N3O.Pt/c1-30-29-47-41(28-40(30)33-19-17-32(18-20-33)31-11-6-5-7-12-31)34-13-10-14-36(25-34)49-37-21-22-39-38-15-8-9-16-42(38)48(43(39)27-37)44-26-35(23-24-46-44)45(2,3)4;/h5-24,26,28-29H,1-4H3;/q-2;+2/i1D3;. The summed E-state index contributed by atoms with van der Waals surface area (Å²) >= 11 is 0. The molecule has 0 unspecified atom stereocenters. The van der Waals surface area contributed by atoms with Gasteiger partial charge in [-0.15, -0.1) is 41.3 Å². The van der Waals surface area contributed by atoms with Gasteiger partial charge in [-0.2, -0.15) is 6.07 Å². The van der Waals surface area contributed by atoms with Crippen LogP contribution in [-0.4, -0.2) is 14.5 Å². The molecule has 0 bridgehead atoms. The molecule has 0 amide bonds. The van der Waals surface area contributed by atoms with Crippen molar-refractivity contribution in [1.29, 1.82) is 0 Å². The van der Waals surface area contributed by atoms with Gasteiger partial charge in [-0.3, -0.25) is 0 Å². The third kappa shape index (κ3) is 6.40. The SMILES string of the molecule is [2H]C([2H])([2H])c1cnc(-c2[c-]c(Oc3[c-]c4c(cc3)c3ccccc3n4-c3cc(C(C)(C)C)ccn3)ccc2)cc1-c1ccc(-c2ccccc2)cc1.[Pt+2]. The first-order valence-electron chi connectivity index (χ1n) is 17.8. The molecule has 5 heteroatoms. The first kappa shape index (κ1) is 29.6. The van der Waals surface area contributed by atoms with E-state index in [1.54, 1.807) is 0 Å². The number of hydrogen-bond donors (Lipinski definition) is 0. The molecule has 0 saturated carbocycles. The van der Waals surface area contributed by atoms with Crippen LogP contribution in [0.1, 0.15) is 36.0 Å². The van der Waals surface area contributed by atoms with Crippen LogP contribution in [0.4, 0.5) is 0 Å². The average Bonchev–Trinajstić information content (AvgIpc) is 3.48. The number of pyridine rings is 2. The van der Waals surface area contributed by atoms with E-state index in [0.717, 1.165) is 44.3 Å². The fraction of sp³-hybridized carbons (Fsp3) is 0.111. The van der Waals surface area contributed by atoms with E-state index in [1.807, 2.05) is 91.1 Å². The van der Waals surface area contributed by atoms with Gasteiger partial charge in [0.2, 0.25) is 0 Å². The van der Waals surface area contributed by atoms with E-state index < -0.39 is 6.85 Å². The molecule has 0 saturated heterocycles. The van der Waals surface area contributed by atoms with E-state index in [1.165, 1.54) is 11.8 Å². The number of para-hydroxylation sites is 1. The maximum Gasteiger partial charge on any atom is 2.00 e. The van der Waals surface area contributed by atoms with Crippen molar-refractivity contribution in [2.24, 2.45) is 0 Å². The summed E-state index contributed by atoms with van der Waals surface area (Å²) in [5.41, 5.74) is 8.04. The van der Waals surface area contributed by atoms with Crippen LogP contribution in [0.2, 0.25) is 0 Å². The zero-order valence-electron chi connectivity index (χ0n) is 30.8. The van der Waals surface area contributed by atoms with Gasteiger partial charge in [-0.25, -0.2) is 4.98 Å². The van der Waals surface area contributed by atoms with Crippen LogP contribution in [-0.2, 0) is 26.5 Å². The molecule has 246 valence electrons. The number of aromatic nitrogens is 3. The summed E-state index contributed by atoms with van der Waals surface area (Å²) in [6, 6.07) is 48.8. The summed E-state index contributed by atoms with van der Waals surface area (Å²) in [5, 5.41) is 2.15. The minimum absolute atomic E-state index is 0. The second-order valence-corrected chi connectivity index (χ2v) is 13.2. The normalized spacial score (nSPS) is 12.6. The third-order valence-electron chi connectivity index (χ3n) is 8.87. The van der Waals surface area contributed by atoms with Crippen molar-refractivity contribution in [1.82, 2.24) is 14.5 Å². The summed E-state index contributed by atoms with van der Waals surface area (Å²) in [7, 11) is 0. The van der Waals surface area contributed by atoms with Gasteiger partial charge in [0.1, 0.15) is 5.82 Å². The van der Waals surface area contributed by atoms with Gasteiger partial charge < -0.3 is 14.3 Å². The predicted octanol–water partition coefficient (Wildman–Crippen LogP) is 11.6. The van der Waals surface area contributed by atoms with Gasteiger partial charge in [0.15, 0.2) is 0 Å². The van der Waals surface area contributed by atoms with Crippen LogP contribution in [0, 0.1) is 19.0 Å². The van der Waals surface area contributed by atoms with E-state index in [4.69, 9.17) is 13.8 Å². The number of aryl methyl sites for hydroxylation is 1. The first-order chi connectivity index (χ1) is 25.0. The predicted molar refractivity (Wildman–Crippen MR) is 200 cm³/mol. The Bertz CT molecular complexity index is 2570. The number of rotatable bonds is 6. The Labute approximate surface area is 311 Å². The zero-order chi connectivity index (χ0) is 36.0. The fourth-order valence-electron chi connectivity index (χ4n) is 6.27. The Morgan fingerprint density at radius 2 is 1.42 bits per heavy atom. The van der Waals surface area contributed by atoms with Gasteiger partial charge in [-0.1, -0.05) is 111 Å². The number of benzene rings is 5. The molecule has 0 aliphatic carbocycles. The molecule has 3 heterocycles. The molecule has 4 nitrogen and oxygen atoms in total. The molecule has 0 atom stereocenters. The number of hydrogen-bond acceptors (Lipinski definition) is 3. The van der Waals surface area contributed by atoms with Crippen molar-refractivity contribution in [3.8, 4) is 50.8 Å². The van der Waals surface area contributed by atoms with Crippen molar-refractivity contribution in [3.63, 3.8) is 0 Å². The van der Waals surface area contributed by atoms with Crippen molar-refractivity contribution in [2.75, 3.05) is 0 Å². The molecule has 0 spiro atoms. The van der Waals surface area contributed by atoms with Crippen LogP contribution < -0.4 is 4.74 Å². The Morgan fingerprint density at radius 3 is 2.22 bits per heavy atom. The second-order valence-electron chi connectivity index (χ2n) is 13.2. The van der Waals surface area contributed by atoms with Crippen LogP contribution >= 0.6 is 0 Å². The fourth-order valence-corrected chi connectivity index (χ4v) is 6.27. The number of nitrogens with zero attached hydrogens (tertiary/aromatic N) is 3. The summed E-state index contributed by atoms with van der Waals surface area (Å²) < 4.78 is 33.2. The molecule has 8 rings (SSSR count). The van der Waals surface area contributed by atoms with Gasteiger partial charge in [0.25, 0.3) is 0 Å². The quantitative estimate of drug-likeness (QED) is 0.157. The van der Waals surface area contributed by atoms with Crippen molar-refractivity contribution in [3.05, 3.63) is 163 Å².